The van der Waals surface area contributed by atoms with Crippen LogP contribution in [-0.4, -0.2) is 15.7 Å². The van der Waals surface area contributed by atoms with E-state index in [4.69, 9.17) is 5.26 Å². The molecule has 124 valence electrons. The van der Waals surface area contributed by atoms with E-state index >= 15 is 0 Å². The first-order valence-corrected chi connectivity index (χ1v) is 9.47. The van der Waals surface area contributed by atoms with Gasteiger partial charge in [0.15, 0.2) is 0 Å². The average Bonchev–Trinajstić information content (AvgIpc) is 3.07. The van der Waals surface area contributed by atoms with Crippen molar-refractivity contribution >= 4 is 33.3 Å². The van der Waals surface area contributed by atoms with Gasteiger partial charge in [-0.3, -0.25) is 0 Å². The molecule has 1 aromatic carbocycles. The molecule has 2 heterocycles. The van der Waals surface area contributed by atoms with Gasteiger partial charge in [0.25, 0.3) is 0 Å². The summed E-state index contributed by atoms with van der Waals surface area (Å²) in [6, 6.07) is 10.7. The quantitative estimate of drug-likeness (QED) is 0.450. The molecule has 7 heteroatoms. The van der Waals surface area contributed by atoms with Crippen molar-refractivity contribution < 1.29 is 4.39 Å². The predicted molar refractivity (Wildman–Crippen MR) is 97.5 cm³/mol. The second-order valence-corrected chi connectivity index (χ2v) is 7.22. The molecule has 1 atom stereocenters. The Hall–Kier alpha value is -2.48. The zero-order valence-corrected chi connectivity index (χ0v) is 14.8. The van der Waals surface area contributed by atoms with E-state index in [9.17, 15) is 9.65 Å². The number of nitriles is 2. The maximum atomic E-state index is 13.2. The number of rotatable bonds is 6. The summed E-state index contributed by atoms with van der Waals surface area (Å²) in [6.45, 7) is 0. The third-order valence-corrected chi connectivity index (χ3v) is 5.74. The maximum Gasteiger partial charge on any atom is 0.128 e. The molecule has 0 saturated carbocycles. The highest BCUT2D eigenvalue weighted by molar-refractivity contribution is 7.99. The molecule has 3 aromatic rings. The zero-order chi connectivity index (χ0) is 17.6. The van der Waals surface area contributed by atoms with E-state index in [-0.39, 0.29) is 11.7 Å². The van der Waals surface area contributed by atoms with Crippen LogP contribution in [0.15, 0.2) is 41.0 Å². The van der Waals surface area contributed by atoms with E-state index in [1.807, 2.05) is 5.38 Å². The molecular weight excluding hydrogens is 355 g/mol. The number of thioether (sulfide) groups is 1. The van der Waals surface area contributed by atoms with Gasteiger partial charge in [0, 0.05) is 23.1 Å². The van der Waals surface area contributed by atoms with Gasteiger partial charge in [-0.05, 0) is 24.1 Å². The predicted octanol–water partition coefficient (Wildman–Crippen LogP) is 5.03. The Labute approximate surface area is 153 Å². The van der Waals surface area contributed by atoms with Crippen molar-refractivity contribution in [1.82, 2.24) is 9.97 Å². The molecule has 4 nitrogen and oxygen atoms in total. The van der Waals surface area contributed by atoms with E-state index in [2.05, 4.69) is 22.1 Å². The summed E-state index contributed by atoms with van der Waals surface area (Å²) < 4.78 is 13.2. The van der Waals surface area contributed by atoms with Crippen molar-refractivity contribution in [1.29, 1.82) is 10.5 Å². The van der Waals surface area contributed by atoms with Gasteiger partial charge in [0.2, 0.25) is 0 Å². The van der Waals surface area contributed by atoms with Crippen LogP contribution in [0.3, 0.4) is 0 Å². The van der Waals surface area contributed by atoms with E-state index < -0.39 is 0 Å². The van der Waals surface area contributed by atoms with E-state index in [0.29, 0.717) is 18.6 Å². The lowest BCUT2D eigenvalue weighted by Crippen LogP contribution is -2.00. The topological polar surface area (TPSA) is 73.4 Å². The molecular formula is C18H13FN4S2. The lowest BCUT2D eigenvalue weighted by Gasteiger charge is -2.08. The Kier molecular flexibility index (Phi) is 5.60. The maximum absolute atomic E-state index is 13.2. The Morgan fingerprint density at radius 3 is 2.72 bits per heavy atom. The summed E-state index contributed by atoms with van der Waals surface area (Å²) in [4.78, 5) is 9.56. The largest absolute Gasteiger partial charge is 0.229 e. The third kappa shape index (κ3) is 3.96. The number of nitrogens with zero attached hydrogens (tertiary/aromatic N) is 4. The van der Waals surface area contributed by atoms with Gasteiger partial charge < -0.3 is 0 Å². The number of halogens is 1. The monoisotopic (exact) mass is 368 g/mol. The molecule has 0 fully saturated rings. The molecule has 0 saturated heterocycles. The molecule has 2 aromatic heterocycles. The van der Waals surface area contributed by atoms with Gasteiger partial charge in [-0.15, -0.1) is 23.1 Å². The standard InChI is InChI=1S/C18H13FN4S2/c19-14-5-3-13(4-6-14)15-10-25-18-16(15)17(22-11-23-18)24-9-12(8-21)2-1-7-20/h3-6,10-12H,1-2,9H2. The number of hydrogen-bond acceptors (Lipinski definition) is 6. The van der Waals surface area contributed by atoms with Crippen molar-refractivity contribution in [2.75, 3.05) is 5.75 Å². The van der Waals surface area contributed by atoms with Crippen molar-refractivity contribution in [2.24, 2.45) is 5.92 Å². The molecule has 0 aliphatic rings. The van der Waals surface area contributed by atoms with Crippen LogP contribution in [0.4, 0.5) is 4.39 Å². The van der Waals surface area contributed by atoms with E-state index in [0.717, 1.165) is 26.4 Å². The Bertz CT molecular complexity index is 954. The first-order valence-electron chi connectivity index (χ1n) is 7.60. The van der Waals surface area contributed by atoms with Crippen molar-refractivity contribution in [2.45, 2.75) is 17.9 Å². The van der Waals surface area contributed by atoms with Gasteiger partial charge in [-0.25, -0.2) is 14.4 Å². The van der Waals surface area contributed by atoms with Crippen LogP contribution in [0, 0.1) is 34.4 Å². The lowest BCUT2D eigenvalue weighted by atomic mass is 10.1. The summed E-state index contributed by atoms with van der Waals surface area (Å²) >= 11 is 3.01. The van der Waals surface area contributed by atoms with Crippen molar-refractivity contribution in [3.63, 3.8) is 0 Å². The van der Waals surface area contributed by atoms with Gasteiger partial charge in [-0.2, -0.15) is 10.5 Å². The third-order valence-electron chi connectivity index (χ3n) is 3.70. The Balaban J connectivity index is 1.91. The Morgan fingerprint density at radius 2 is 2.00 bits per heavy atom. The molecule has 0 N–H and O–H groups in total. The molecule has 0 bridgehead atoms. The summed E-state index contributed by atoms with van der Waals surface area (Å²) in [5, 5.41) is 21.6. The van der Waals surface area contributed by atoms with Crippen LogP contribution in [0.2, 0.25) is 0 Å². The molecule has 3 rings (SSSR count). The average molecular weight is 368 g/mol. The van der Waals surface area contributed by atoms with Gasteiger partial charge in [0.1, 0.15) is 22.0 Å². The van der Waals surface area contributed by atoms with Crippen LogP contribution in [-0.2, 0) is 0 Å². The first kappa shape index (κ1) is 17.3. The fourth-order valence-corrected chi connectivity index (χ4v) is 4.46. The van der Waals surface area contributed by atoms with Gasteiger partial charge >= 0.3 is 0 Å². The summed E-state index contributed by atoms with van der Waals surface area (Å²) in [5.41, 5.74) is 1.87. The second kappa shape index (κ2) is 8.06. The van der Waals surface area contributed by atoms with Crippen molar-refractivity contribution in [3.8, 4) is 23.3 Å². The lowest BCUT2D eigenvalue weighted by molar-refractivity contribution is 0.628. The van der Waals surface area contributed by atoms with Crippen LogP contribution in [0.1, 0.15) is 12.8 Å². The number of benzene rings is 1. The molecule has 0 amide bonds. The smallest absolute Gasteiger partial charge is 0.128 e. The highest BCUT2D eigenvalue weighted by atomic mass is 32.2. The SMILES string of the molecule is N#CCCC(C#N)CSc1ncnc2scc(-c3ccc(F)cc3)c12. The molecule has 0 aliphatic heterocycles. The van der Waals surface area contributed by atoms with Crippen LogP contribution < -0.4 is 0 Å². The Morgan fingerprint density at radius 1 is 1.20 bits per heavy atom. The number of hydrogen-bond donors (Lipinski definition) is 0. The van der Waals surface area contributed by atoms with Crippen LogP contribution >= 0.6 is 23.1 Å². The fourth-order valence-electron chi connectivity index (χ4n) is 2.40. The molecule has 1 unspecified atom stereocenters. The summed E-state index contributed by atoms with van der Waals surface area (Å²) in [6.07, 6.45) is 2.45. The summed E-state index contributed by atoms with van der Waals surface area (Å²) in [7, 11) is 0. The molecule has 0 radical (unpaired) electrons. The molecule has 0 spiro atoms. The normalized spacial score (nSPS) is 11.8. The van der Waals surface area contributed by atoms with Gasteiger partial charge in [0.05, 0.1) is 23.4 Å². The van der Waals surface area contributed by atoms with Crippen molar-refractivity contribution in [3.05, 3.63) is 41.8 Å². The minimum atomic E-state index is -0.275. The van der Waals surface area contributed by atoms with E-state index in [1.165, 1.54) is 41.6 Å². The van der Waals surface area contributed by atoms with Crippen LogP contribution in [0.5, 0.6) is 0 Å². The minimum absolute atomic E-state index is 0.192. The minimum Gasteiger partial charge on any atom is -0.229 e. The van der Waals surface area contributed by atoms with Crippen LogP contribution in [0.25, 0.3) is 21.3 Å². The molecule has 0 aliphatic carbocycles. The van der Waals surface area contributed by atoms with E-state index in [1.54, 1.807) is 12.1 Å². The molecule has 25 heavy (non-hydrogen) atoms. The number of fused-ring (bicyclic) bond motifs is 1. The van der Waals surface area contributed by atoms with Gasteiger partial charge in [-0.1, -0.05) is 12.1 Å². The summed E-state index contributed by atoms with van der Waals surface area (Å²) in [5.74, 6) is 0.106. The number of thiophene rings is 1. The fraction of sp³-hybridized carbons (Fsp3) is 0.222. The number of aromatic nitrogens is 2. The highest BCUT2D eigenvalue weighted by Gasteiger charge is 2.15. The second-order valence-electron chi connectivity index (χ2n) is 5.35. The first-order chi connectivity index (χ1) is 12.2. The highest BCUT2D eigenvalue weighted by Crippen LogP contribution is 2.38. The zero-order valence-electron chi connectivity index (χ0n) is 13.1.